The summed E-state index contributed by atoms with van der Waals surface area (Å²) in [5.41, 5.74) is 2.61. The van der Waals surface area contributed by atoms with Gasteiger partial charge in [0.05, 0.1) is 58.8 Å². The van der Waals surface area contributed by atoms with E-state index < -0.39 is 10.8 Å². The Balaban J connectivity index is 0.00000225. The van der Waals surface area contributed by atoms with Gasteiger partial charge in [0.2, 0.25) is 5.88 Å². The predicted octanol–water partition coefficient (Wildman–Crippen LogP) is 1.78. The van der Waals surface area contributed by atoms with Crippen LogP contribution in [0.15, 0.2) is 29.6 Å². The Morgan fingerprint density at radius 3 is 2.82 bits per heavy atom. The summed E-state index contributed by atoms with van der Waals surface area (Å²) < 4.78 is 23.3. The van der Waals surface area contributed by atoms with Crippen molar-refractivity contribution in [3.05, 3.63) is 35.1 Å². The fourth-order valence-electron chi connectivity index (χ4n) is 2.89. The molecular formula is C17H18ClN5NaO3S. The Labute approximate surface area is 191 Å². The number of halogens is 1. The van der Waals surface area contributed by atoms with Gasteiger partial charge in [-0.1, -0.05) is 11.6 Å². The summed E-state index contributed by atoms with van der Waals surface area (Å²) >= 11 is 6.55. The van der Waals surface area contributed by atoms with Crippen molar-refractivity contribution in [2.45, 2.75) is 10.9 Å². The van der Waals surface area contributed by atoms with Gasteiger partial charge in [0, 0.05) is 54.9 Å². The second-order valence-electron chi connectivity index (χ2n) is 5.95. The predicted molar refractivity (Wildman–Crippen MR) is 109 cm³/mol. The Bertz CT molecular complexity index is 996. The van der Waals surface area contributed by atoms with Gasteiger partial charge in [-0.25, -0.2) is 4.98 Å². The van der Waals surface area contributed by atoms with Crippen molar-refractivity contribution in [1.82, 2.24) is 19.9 Å². The van der Waals surface area contributed by atoms with Crippen LogP contribution in [0, 0.1) is 0 Å². The summed E-state index contributed by atoms with van der Waals surface area (Å²) in [4.78, 5) is 18.1. The molecule has 1 saturated heterocycles. The van der Waals surface area contributed by atoms with Crippen LogP contribution in [0.25, 0.3) is 11.2 Å². The standard InChI is InChI=1S/C17H18ClN5O3S.Na/c1-25-14-3-2-11-16(21-14)22-17(20-11)27(24)10-12-15(18)13(4-5-19-12)23-6-8-26-9-7-23;/h2-5H,6-10H2,1H3,(H,20,21,22);/t27-;/m0./s1. The normalized spacial score (nSPS) is 15.3. The van der Waals surface area contributed by atoms with Gasteiger partial charge in [-0.05, 0) is 12.1 Å². The van der Waals surface area contributed by atoms with Crippen LogP contribution in [0.4, 0.5) is 5.69 Å². The van der Waals surface area contributed by atoms with Crippen LogP contribution in [0.1, 0.15) is 5.69 Å². The van der Waals surface area contributed by atoms with E-state index in [4.69, 9.17) is 21.1 Å². The van der Waals surface area contributed by atoms with Crippen molar-refractivity contribution >= 4 is 68.8 Å². The average Bonchev–Trinajstić information content (AvgIpc) is 3.13. The van der Waals surface area contributed by atoms with E-state index in [2.05, 4.69) is 24.8 Å². The van der Waals surface area contributed by atoms with E-state index in [1.165, 1.54) is 7.11 Å². The number of H-pyrrole nitrogens is 1. The molecule has 3 aromatic heterocycles. The van der Waals surface area contributed by atoms with Gasteiger partial charge < -0.3 is 19.4 Å². The molecule has 3 aromatic rings. The number of nitrogens with zero attached hydrogens (tertiary/aromatic N) is 4. The van der Waals surface area contributed by atoms with E-state index in [1.54, 1.807) is 18.3 Å². The molecule has 28 heavy (non-hydrogen) atoms. The first-order valence-electron chi connectivity index (χ1n) is 8.41. The number of aromatic nitrogens is 4. The first-order chi connectivity index (χ1) is 13.2. The maximum Gasteiger partial charge on any atom is 0.215 e. The minimum atomic E-state index is -1.44. The molecule has 0 aromatic carbocycles. The maximum atomic E-state index is 12.8. The number of imidazole rings is 1. The second kappa shape index (κ2) is 9.51. The number of rotatable bonds is 5. The molecule has 1 fully saturated rings. The number of morpholine rings is 1. The Morgan fingerprint density at radius 1 is 1.29 bits per heavy atom. The van der Waals surface area contributed by atoms with Gasteiger partial charge in [0.1, 0.15) is 0 Å². The molecule has 0 unspecified atom stereocenters. The SMILES string of the molecule is COc1ccc2[nH]c([S@@](=O)Cc3nccc(N4CCOCC4)c3Cl)nc2n1.[Na]. The van der Waals surface area contributed by atoms with Crippen molar-refractivity contribution in [1.29, 1.82) is 0 Å². The van der Waals surface area contributed by atoms with Gasteiger partial charge in [0.15, 0.2) is 10.8 Å². The summed E-state index contributed by atoms with van der Waals surface area (Å²) in [7, 11) is 0.1000. The molecule has 0 spiro atoms. The van der Waals surface area contributed by atoms with Crippen LogP contribution in [0.5, 0.6) is 5.88 Å². The van der Waals surface area contributed by atoms with Crippen molar-refractivity contribution in [2.75, 3.05) is 38.3 Å². The number of hydrogen-bond acceptors (Lipinski definition) is 7. The van der Waals surface area contributed by atoms with E-state index in [9.17, 15) is 4.21 Å². The van der Waals surface area contributed by atoms with Crippen LogP contribution in [-0.4, -0.2) is 87.1 Å². The average molecular weight is 431 g/mol. The molecule has 0 bridgehead atoms. The van der Waals surface area contributed by atoms with Crippen LogP contribution in [0.2, 0.25) is 5.02 Å². The molecular weight excluding hydrogens is 413 g/mol. The second-order valence-corrected chi connectivity index (χ2v) is 7.69. The number of nitrogens with one attached hydrogen (secondary N) is 1. The fraction of sp³-hybridized carbons (Fsp3) is 0.353. The molecule has 4 rings (SSSR count). The fourth-order valence-corrected chi connectivity index (χ4v) is 4.29. The van der Waals surface area contributed by atoms with Crippen molar-refractivity contribution in [3.63, 3.8) is 0 Å². The summed E-state index contributed by atoms with van der Waals surface area (Å²) in [5.74, 6) is 0.614. The van der Waals surface area contributed by atoms with E-state index in [0.29, 0.717) is 46.1 Å². The number of ether oxygens (including phenoxy) is 2. The largest absolute Gasteiger partial charge is 0.481 e. The Hall–Kier alpha value is -1.23. The number of pyridine rings is 2. The summed E-state index contributed by atoms with van der Waals surface area (Å²) in [5, 5.41) is 0.851. The smallest absolute Gasteiger partial charge is 0.215 e. The van der Waals surface area contributed by atoms with Crippen LogP contribution >= 0.6 is 11.6 Å². The Kier molecular flexibility index (Phi) is 7.30. The first-order valence-corrected chi connectivity index (χ1v) is 10.1. The van der Waals surface area contributed by atoms with Gasteiger partial charge in [-0.2, -0.15) is 4.98 Å². The number of anilines is 1. The Morgan fingerprint density at radius 2 is 2.07 bits per heavy atom. The van der Waals surface area contributed by atoms with Crippen LogP contribution < -0.4 is 9.64 Å². The molecule has 11 heteroatoms. The third kappa shape index (κ3) is 4.50. The molecule has 0 amide bonds. The molecule has 4 heterocycles. The zero-order chi connectivity index (χ0) is 18.8. The number of aromatic amines is 1. The van der Waals surface area contributed by atoms with Gasteiger partial charge >= 0.3 is 0 Å². The number of fused-ring (bicyclic) bond motifs is 1. The summed E-state index contributed by atoms with van der Waals surface area (Å²) in [6.45, 7) is 2.86. The molecule has 1 atom stereocenters. The third-order valence-electron chi connectivity index (χ3n) is 4.28. The molecule has 0 saturated carbocycles. The van der Waals surface area contributed by atoms with Crippen molar-refractivity contribution in [3.8, 4) is 5.88 Å². The minimum Gasteiger partial charge on any atom is -0.481 e. The third-order valence-corrected chi connectivity index (χ3v) is 5.86. The topological polar surface area (TPSA) is 93.2 Å². The van der Waals surface area contributed by atoms with E-state index >= 15 is 0 Å². The molecule has 1 N–H and O–H groups in total. The van der Waals surface area contributed by atoms with E-state index in [1.807, 2.05) is 6.07 Å². The zero-order valence-corrected chi connectivity index (χ0v) is 19.2. The quantitative estimate of drug-likeness (QED) is 0.616. The zero-order valence-electron chi connectivity index (χ0n) is 15.6. The number of methoxy groups -OCH3 is 1. The monoisotopic (exact) mass is 430 g/mol. The van der Waals surface area contributed by atoms with Gasteiger partial charge in [0.25, 0.3) is 0 Å². The van der Waals surface area contributed by atoms with E-state index in [0.717, 1.165) is 18.8 Å². The molecule has 1 aliphatic rings. The van der Waals surface area contributed by atoms with Crippen molar-refractivity contribution < 1.29 is 13.7 Å². The maximum absolute atomic E-state index is 12.8. The molecule has 143 valence electrons. The van der Waals surface area contributed by atoms with Gasteiger partial charge in [-0.15, -0.1) is 0 Å². The van der Waals surface area contributed by atoms with Crippen LogP contribution in [-0.2, 0) is 21.3 Å². The first kappa shape index (κ1) is 21.5. The molecule has 1 radical (unpaired) electrons. The molecule has 8 nitrogen and oxygen atoms in total. The summed E-state index contributed by atoms with van der Waals surface area (Å²) in [6.07, 6.45) is 1.69. The van der Waals surface area contributed by atoms with Gasteiger partial charge in [-0.3, -0.25) is 9.19 Å². The van der Waals surface area contributed by atoms with Crippen molar-refractivity contribution in [2.24, 2.45) is 0 Å². The number of hydrogen-bond donors (Lipinski definition) is 1. The molecule has 0 aliphatic carbocycles. The van der Waals surface area contributed by atoms with E-state index in [-0.39, 0.29) is 35.3 Å². The minimum absolute atomic E-state index is 0. The molecule has 1 aliphatic heterocycles. The van der Waals surface area contributed by atoms with Crippen LogP contribution in [0.3, 0.4) is 0 Å². The summed E-state index contributed by atoms with van der Waals surface area (Å²) in [6, 6.07) is 5.38.